The number of anilines is 1. The summed E-state index contributed by atoms with van der Waals surface area (Å²) in [6.07, 6.45) is 0.104. The van der Waals surface area contributed by atoms with E-state index in [9.17, 15) is 9.59 Å². The number of esters is 1. The fourth-order valence-corrected chi connectivity index (χ4v) is 2.13. The Labute approximate surface area is 106 Å². The van der Waals surface area contributed by atoms with Gasteiger partial charge >= 0.3 is 5.97 Å². The zero-order valence-corrected chi connectivity index (χ0v) is 10.7. The van der Waals surface area contributed by atoms with Crippen LogP contribution in [0.4, 0.5) is 5.69 Å². The van der Waals surface area contributed by atoms with E-state index >= 15 is 0 Å². The van der Waals surface area contributed by atoms with Gasteiger partial charge in [0.2, 0.25) is 5.91 Å². The molecule has 1 aromatic carbocycles. The van der Waals surface area contributed by atoms with Gasteiger partial charge in [-0.25, -0.2) is 4.79 Å². The summed E-state index contributed by atoms with van der Waals surface area (Å²) >= 11 is 0. The van der Waals surface area contributed by atoms with Crippen LogP contribution >= 0.6 is 0 Å². The molecule has 0 atom stereocenters. The van der Waals surface area contributed by atoms with Crippen molar-refractivity contribution in [1.82, 2.24) is 0 Å². The molecule has 0 spiro atoms. The quantitative estimate of drug-likeness (QED) is 0.750. The predicted octanol–water partition coefficient (Wildman–Crippen LogP) is 2.18. The van der Waals surface area contributed by atoms with Crippen molar-refractivity contribution in [1.29, 1.82) is 0 Å². The van der Waals surface area contributed by atoms with E-state index in [1.165, 1.54) is 7.11 Å². The highest BCUT2D eigenvalue weighted by molar-refractivity contribution is 6.09. The maximum Gasteiger partial charge on any atom is 0.336 e. The molecule has 4 heteroatoms. The van der Waals surface area contributed by atoms with E-state index in [1.54, 1.807) is 11.8 Å². The fourth-order valence-electron chi connectivity index (χ4n) is 2.13. The highest BCUT2D eigenvalue weighted by Gasteiger charge is 2.32. The highest BCUT2D eigenvalue weighted by Crippen LogP contribution is 2.30. The minimum atomic E-state index is -0.434. The molecule has 4 nitrogen and oxygen atoms in total. The lowest BCUT2D eigenvalue weighted by molar-refractivity contribution is -0.136. The average Bonchev–Trinajstić information content (AvgIpc) is 2.64. The summed E-state index contributed by atoms with van der Waals surface area (Å²) in [5.74, 6) is -0.533. The number of ether oxygens (including phenoxy) is 1. The lowest BCUT2D eigenvalue weighted by Crippen LogP contribution is -2.23. The van der Waals surface area contributed by atoms with Crippen molar-refractivity contribution >= 4 is 17.6 Å². The molecule has 0 N–H and O–H groups in total. The Balaban J connectivity index is 2.42. The monoisotopic (exact) mass is 245 g/mol. The maximum atomic E-state index is 12.0. The third kappa shape index (κ3) is 2.01. The van der Waals surface area contributed by atoms with Gasteiger partial charge < -0.3 is 4.74 Å². The van der Waals surface area contributed by atoms with Crippen molar-refractivity contribution < 1.29 is 14.3 Å². The van der Waals surface area contributed by atoms with Crippen LogP contribution in [-0.2, 0) is 14.3 Å². The van der Waals surface area contributed by atoms with E-state index in [4.69, 9.17) is 0 Å². The lowest BCUT2D eigenvalue weighted by atomic mass is 10.2. The van der Waals surface area contributed by atoms with Gasteiger partial charge in [0.15, 0.2) is 0 Å². The van der Waals surface area contributed by atoms with Crippen molar-refractivity contribution in [2.24, 2.45) is 0 Å². The topological polar surface area (TPSA) is 46.6 Å². The lowest BCUT2D eigenvalue weighted by Gasteiger charge is -2.18. The Morgan fingerprint density at radius 1 is 1.33 bits per heavy atom. The van der Waals surface area contributed by atoms with E-state index in [2.05, 4.69) is 4.74 Å². The molecule has 1 aliphatic rings. The van der Waals surface area contributed by atoms with Crippen molar-refractivity contribution in [2.45, 2.75) is 20.3 Å². The van der Waals surface area contributed by atoms with E-state index in [1.807, 2.05) is 31.2 Å². The summed E-state index contributed by atoms with van der Waals surface area (Å²) in [5, 5.41) is 0. The number of amides is 1. The van der Waals surface area contributed by atoms with Crippen LogP contribution in [-0.4, -0.2) is 19.0 Å². The van der Waals surface area contributed by atoms with Gasteiger partial charge in [-0.1, -0.05) is 12.1 Å². The van der Waals surface area contributed by atoms with E-state index in [0.29, 0.717) is 11.3 Å². The van der Waals surface area contributed by atoms with Crippen LogP contribution in [0.2, 0.25) is 0 Å². The second kappa shape index (κ2) is 4.64. The molecule has 1 heterocycles. The van der Waals surface area contributed by atoms with Crippen LogP contribution in [0, 0.1) is 6.92 Å². The van der Waals surface area contributed by atoms with Gasteiger partial charge in [-0.15, -0.1) is 0 Å². The first-order valence-corrected chi connectivity index (χ1v) is 5.72. The van der Waals surface area contributed by atoms with Crippen LogP contribution in [0.25, 0.3) is 0 Å². The molecule has 0 fully saturated rings. The summed E-state index contributed by atoms with van der Waals surface area (Å²) < 4.78 is 4.69. The van der Waals surface area contributed by atoms with Gasteiger partial charge in [0.25, 0.3) is 0 Å². The number of nitrogens with zero attached hydrogens (tertiary/aromatic N) is 1. The third-order valence-electron chi connectivity index (χ3n) is 3.04. The van der Waals surface area contributed by atoms with Crippen LogP contribution in [0.15, 0.2) is 35.5 Å². The molecule has 0 saturated heterocycles. The summed E-state index contributed by atoms with van der Waals surface area (Å²) in [6, 6.07) is 7.63. The number of allylic oxidation sites excluding steroid dienone is 1. The van der Waals surface area contributed by atoms with Gasteiger partial charge in [-0.05, 0) is 31.5 Å². The standard InChI is InChI=1S/C14H15NO3/c1-9-5-4-6-11(7-9)15-10(2)12(8-13(15)16)14(17)18-3/h4-7H,8H2,1-3H3. The number of hydrogen-bond donors (Lipinski definition) is 0. The molecule has 1 amide bonds. The van der Waals surface area contributed by atoms with Gasteiger partial charge in [0, 0.05) is 11.4 Å². The molecule has 0 aromatic heterocycles. The van der Waals surface area contributed by atoms with Crippen LogP contribution < -0.4 is 4.90 Å². The maximum absolute atomic E-state index is 12.0. The minimum absolute atomic E-state index is 0.0986. The summed E-state index contributed by atoms with van der Waals surface area (Å²) in [7, 11) is 1.32. The SMILES string of the molecule is COC(=O)C1=C(C)N(c2cccc(C)c2)C(=O)C1. The first-order chi connectivity index (χ1) is 8.54. The molecule has 0 unspecified atom stereocenters. The summed E-state index contributed by atoms with van der Waals surface area (Å²) in [4.78, 5) is 25.1. The van der Waals surface area contributed by atoms with Crippen LogP contribution in [0.1, 0.15) is 18.9 Å². The first kappa shape index (κ1) is 12.4. The second-order valence-electron chi connectivity index (χ2n) is 4.30. The second-order valence-corrected chi connectivity index (χ2v) is 4.30. The first-order valence-electron chi connectivity index (χ1n) is 5.72. The summed E-state index contributed by atoms with van der Waals surface area (Å²) in [5.41, 5.74) is 2.94. The average molecular weight is 245 g/mol. The molecule has 1 aromatic rings. The molecule has 0 radical (unpaired) electrons. The molecule has 0 saturated carbocycles. The van der Waals surface area contributed by atoms with E-state index in [-0.39, 0.29) is 12.3 Å². The van der Waals surface area contributed by atoms with Crippen molar-refractivity contribution in [3.63, 3.8) is 0 Å². The van der Waals surface area contributed by atoms with Crippen molar-refractivity contribution in [2.75, 3.05) is 12.0 Å². The number of carbonyl (C=O) groups excluding carboxylic acids is 2. The number of rotatable bonds is 2. The van der Waals surface area contributed by atoms with Gasteiger partial charge in [0.05, 0.1) is 19.1 Å². The molecule has 18 heavy (non-hydrogen) atoms. The Bertz CT molecular complexity index is 546. The fraction of sp³-hybridized carbons (Fsp3) is 0.286. The van der Waals surface area contributed by atoms with Gasteiger partial charge in [0.1, 0.15) is 0 Å². The van der Waals surface area contributed by atoms with Crippen molar-refractivity contribution in [3.05, 3.63) is 41.1 Å². The highest BCUT2D eigenvalue weighted by atomic mass is 16.5. The smallest absolute Gasteiger partial charge is 0.336 e. The molecule has 94 valence electrons. The number of benzene rings is 1. The molecule has 1 aliphatic heterocycles. The van der Waals surface area contributed by atoms with Gasteiger partial charge in [-0.3, -0.25) is 9.69 Å². The van der Waals surface area contributed by atoms with E-state index in [0.717, 1.165) is 11.3 Å². The molecular weight excluding hydrogens is 230 g/mol. The Morgan fingerprint density at radius 2 is 2.06 bits per heavy atom. The zero-order valence-electron chi connectivity index (χ0n) is 10.7. The Morgan fingerprint density at radius 3 is 2.67 bits per heavy atom. The van der Waals surface area contributed by atoms with Gasteiger partial charge in [-0.2, -0.15) is 0 Å². The number of methoxy groups -OCH3 is 1. The number of hydrogen-bond acceptors (Lipinski definition) is 3. The minimum Gasteiger partial charge on any atom is -0.466 e. The predicted molar refractivity (Wildman–Crippen MR) is 68.0 cm³/mol. The Kier molecular flexibility index (Phi) is 3.19. The normalized spacial score (nSPS) is 15.3. The zero-order chi connectivity index (χ0) is 13.3. The van der Waals surface area contributed by atoms with Crippen LogP contribution in [0.5, 0.6) is 0 Å². The van der Waals surface area contributed by atoms with E-state index < -0.39 is 5.97 Å². The molecule has 0 bridgehead atoms. The molecule has 0 aliphatic carbocycles. The summed E-state index contributed by atoms with van der Waals surface area (Å²) in [6.45, 7) is 3.73. The largest absolute Gasteiger partial charge is 0.466 e. The van der Waals surface area contributed by atoms with Crippen LogP contribution in [0.3, 0.4) is 0 Å². The third-order valence-corrected chi connectivity index (χ3v) is 3.04. The Hall–Kier alpha value is -2.10. The molecule has 2 rings (SSSR count). The number of carbonyl (C=O) groups is 2. The van der Waals surface area contributed by atoms with Crippen molar-refractivity contribution in [3.8, 4) is 0 Å². The molecular formula is C14H15NO3. The number of aryl methyl sites for hydroxylation is 1.